The van der Waals surface area contributed by atoms with E-state index in [9.17, 15) is 4.79 Å². The maximum absolute atomic E-state index is 11.3. The summed E-state index contributed by atoms with van der Waals surface area (Å²) in [6, 6.07) is 16.4. The number of carbonyl (C=O) groups is 1. The van der Waals surface area contributed by atoms with Gasteiger partial charge in [0.1, 0.15) is 0 Å². The maximum Gasteiger partial charge on any atom is 0.309 e. The van der Waals surface area contributed by atoms with Crippen LogP contribution in [-0.4, -0.2) is 13.1 Å². The minimum Gasteiger partial charge on any atom is -0.469 e. The molecule has 0 atom stereocenters. The minimum atomic E-state index is -0.220. The number of carbonyl (C=O) groups excluding carboxylic acids is 1. The maximum atomic E-state index is 11.3. The first-order valence-corrected chi connectivity index (χ1v) is 7.98. The van der Waals surface area contributed by atoms with Crippen molar-refractivity contribution in [3.05, 3.63) is 64.1 Å². The second-order valence-corrected chi connectivity index (χ2v) is 6.29. The summed E-state index contributed by atoms with van der Waals surface area (Å²) in [6.07, 6.45) is 0.300. The van der Waals surface area contributed by atoms with Crippen molar-refractivity contribution in [3.63, 3.8) is 0 Å². The van der Waals surface area contributed by atoms with Crippen molar-refractivity contribution in [1.82, 2.24) is 0 Å². The van der Waals surface area contributed by atoms with Crippen molar-refractivity contribution in [2.75, 3.05) is 7.11 Å². The predicted molar refractivity (Wildman–Crippen MR) is 85.9 cm³/mol. The van der Waals surface area contributed by atoms with E-state index in [1.54, 1.807) is 11.8 Å². The molecule has 0 fully saturated rings. The number of benzene rings is 2. The van der Waals surface area contributed by atoms with Gasteiger partial charge in [-0.25, -0.2) is 0 Å². The van der Waals surface area contributed by atoms with E-state index >= 15 is 0 Å². The summed E-state index contributed by atoms with van der Waals surface area (Å²) in [5, 5.41) is 0. The smallest absolute Gasteiger partial charge is 0.309 e. The van der Waals surface area contributed by atoms with E-state index in [1.807, 2.05) is 30.3 Å². The molecule has 2 rings (SSSR count). The van der Waals surface area contributed by atoms with Crippen LogP contribution in [0, 0.1) is 0 Å². The Balaban J connectivity index is 2.06. The molecule has 20 heavy (non-hydrogen) atoms. The van der Waals surface area contributed by atoms with Gasteiger partial charge in [0.25, 0.3) is 0 Å². The standard InChI is InChI=1S/C16H15BrO2S/c1-19-16(18)9-13-7-14(17)10-15(8-13)20-11-12-5-3-2-4-6-12/h2-8,10H,9,11H2,1H3. The van der Waals surface area contributed by atoms with Crippen LogP contribution < -0.4 is 0 Å². The Kier molecular flexibility index (Phi) is 5.68. The number of ether oxygens (including phenoxy) is 1. The number of methoxy groups -OCH3 is 1. The van der Waals surface area contributed by atoms with Crippen LogP contribution >= 0.6 is 27.7 Å². The monoisotopic (exact) mass is 350 g/mol. The molecule has 0 amide bonds. The predicted octanol–water partition coefficient (Wildman–Crippen LogP) is 4.46. The van der Waals surface area contributed by atoms with Gasteiger partial charge in [0, 0.05) is 15.1 Å². The zero-order valence-electron chi connectivity index (χ0n) is 11.1. The number of hydrogen-bond acceptors (Lipinski definition) is 3. The number of halogens is 1. The lowest BCUT2D eigenvalue weighted by molar-refractivity contribution is -0.139. The average molecular weight is 351 g/mol. The lowest BCUT2D eigenvalue weighted by atomic mass is 10.1. The summed E-state index contributed by atoms with van der Waals surface area (Å²) in [6.45, 7) is 0. The minimum absolute atomic E-state index is 0.220. The van der Waals surface area contributed by atoms with Gasteiger partial charge >= 0.3 is 5.97 Å². The highest BCUT2D eigenvalue weighted by Gasteiger charge is 2.06. The van der Waals surface area contributed by atoms with E-state index in [0.29, 0.717) is 6.42 Å². The van der Waals surface area contributed by atoms with Gasteiger partial charge in [0.2, 0.25) is 0 Å². The van der Waals surface area contributed by atoms with Gasteiger partial charge in [-0.05, 0) is 29.3 Å². The van der Waals surface area contributed by atoms with Crippen molar-refractivity contribution >= 4 is 33.7 Å². The third-order valence-corrected chi connectivity index (χ3v) is 4.26. The number of hydrogen-bond donors (Lipinski definition) is 0. The van der Waals surface area contributed by atoms with Gasteiger partial charge < -0.3 is 4.74 Å². The van der Waals surface area contributed by atoms with Crippen LogP contribution in [0.3, 0.4) is 0 Å². The summed E-state index contributed by atoms with van der Waals surface area (Å²) in [5.41, 5.74) is 2.24. The van der Waals surface area contributed by atoms with Gasteiger partial charge in [-0.3, -0.25) is 4.79 Å². The van der Waals surface area contributed by atoms with Crippen LogP contribution in [-0.2, 0) is 21.7 Å². The van der Waals surface area contributed by atoms with Gasteiger partial charge in [0.05, 0.1) is 13.5 Å². The molecule has 0 aliphatic rings. The quantitative estimate of drug-likeness (QED) is 0.588. The molecule has 0 aliphatic heterocycles. The Hall–Kier alpha value is -1.26. The van der Waals surface area contributed by atoms with Crippen molar-refractivity contribution in [3.8, 4) is 0 Å². The fourth-order valence-corrected chi connectivity index (χ4v) is 3.45. The van der Waals surface area contributed by atoms with Crippen LogP contribution in [0.25, 0.3) is 0 Å². The van der Waals surface area contributed by atoms with E-state index in [4.69, 9.17) is 4.74 Å². The largest absolute Gasteiger partial charge is 0.469 e. The molecule has 0 N–H and O–H groups in total. The molecule has 2 nitrogen and oxygen atoms in total. The molecule has 0 heterocycles. The summed E-state index contributed by atoms with van der Waals surface area (Å²) < 4.78 is 5.68. The molecule has 0 spiro atoms. The Labute approximate surface area is 131 Å². The van der Waals surface area contributed by atoms with Gasteiger partial charge in [-0.2, -0.15) is 0 Å². The molecule has 0 saturated heterocycles. The van der Waals surface area contributed by atoms with Crippen LogP contribution in [0.4, 0.5) is 0 Å². The third-order valence-electron chi connectivity index (χ3n) is 2.76. The number of thioether (sulfide) groups is 1. The van der Waals surface area contributed by atoms with Crippen molar-refractivity contribution in [2.24, 2.45) is 0 Å². The highest BCUT2D eigenvalue weighted by atomic mass is 79.9. The molecule has 0 saturated carbocycles. The molecule has 0 bridgehead atoms. The molecule has 0 unspecified atom stereocenters. The first-order valence-electron chi connectivity index (χ1n) is 6.20. The summed E-state index contributed by atoms with van der Waals surface area (Å²) >= 11 is 5.24. The molecular formula is C16H15BrO2S. The lowest BCUT2D eigenvalue weighted by Gasteiger charge is -2.06. The molecule has 104 valence electrons. The lowest BCUT2D eigenvalue weighted by Crippen LogP contribution is -2.04. The van der Waals surface area contributed by atoms with Crippen LogP contribution in [0.1, 0.15) is 11.1 Å². The van der Waals surface area contributed by atoms with Crippen molar-refractivity contribution in [1.29, 1.82) is 0 Å². The molecule has 0 radical (unpaired) electrons. The zero-order chi connectivity index (χ0) is 14.4. The number of esters is 1. The fourth-order valence-electron chi connectivity index (χ4n) is 1.79. The molecule has 2 aromatic rings. The Morgan fingerprint density at radius 3 is 2.60 bits per heavy atom. The molecule has 4 heteroatoms. The van der Waals surface area contributed by atoms with E-state index in [0.717, 1.165) is 20.7 Å². The fraction of sp³-hybridized carbons (Fsp3) is 0.188. The van der Waals surface area contributed by atoms with Crippen molar-refractivity contribution in [2.45, 2.75) is 17.1 Å². The van der Waals surface area contributed by atoms with E-state index in [2.05, 4.69) is 34.1 Å². The van der Waals surface area contributed by atoms with E-state index < -0.39 is 0 Å². The van der Waals surface area contributed by atoms with E-state index in [-0.39, 0.29) is 5.97 Å². The van der Waals surface area contributed by atoms with Gasteiger partial charge in [-0.15, -0.1) is 11.8 Å². The van der Waals surface area contributed by atoms with E-state index in [1.165, 1.54) is 12.7 Å². The zero-order valence-corrected chi connectivity index (χ0v) is 13.5. The Bertz CT molecular complexity index is 584. The summed E-state index contributed by atoms with van der Waals surface area (Å²) in [7, 11) is 1.41. The number of rotatable bonds is 5. The first-order chi connectivity index (χ1) is 9.67. The third kappa shape index (κ3) is 4.69. The highest BCUT2D eigenvalue weighted by Crippen LogP contribution is 2.27. The molecule has 2 aromatic carbocycles. The van der Waals surface area contributed by atoms with Gasteiger partial charge in [0.15, 0.2) is 0 Å². The second-order valence-electron chi connectivity index (χ2n) is 4.32. The summed E-state index contributed by atoms with van der Waals surface area (Å²) in [5.74, 6) is 0.691. The molecule has 0 aliphatic carbocycles. The Morgan fingerprint density at radius 2 is 1.90 bits per heavy atom. The van der Waals surface area contributed by atoms with Crippen molar-refractivity contribution < 1.29 is 9.53 Å². The van der Waals surface area contributed by atoms with Gasteiger partial charge in [-0.1, -0.05) is 46.3 Å². The highest BCUT2D eigenvalue weighted by molar-refractivity contribution is 9.10. The normalized spacial score (nSPS) is 10.3. The Morgan fingerprint density at radius 1 is 1.15 bits per heavy atom. The average Bonchev–Trinajstić information content (AvgIpc) is 2.45. The molecular weight excluding hydrogens is 336 g/mol. The SMILES string of the molecule is COC(=O)Cc1cc(Br)cc(SCc2ccccc2)c1. The van der Waals surface area contributed by atoms with Crippen LogP contribution in [0.15, 0.2) is 57.9 Å². The second kappa shape index (κ2) is 7.50. The van der Waals surface area contributed by atoms with Crippen LogP contribution in [0.2, 0.25) is 0 Å². The first kappa shape index (κ1) is 15.1. The summed E-state index contributed by atoms with van der Waals surface area (Å²) in [4.78, 5) is 12.5. The van der Waals surface area contributed by atoms with Crippen LogP contribution in [0.5, 0.6) is 0 Å². The molecule has 0 aromatic heterocycles. The topological polar surface area (TPSA) is 26.3 Å².